The normalized spacial score (nSPS) is 31.8. The van der Waals surface area contributed by atoms with Crippen LogP contribution in [-0.4, -0.2) is 30.1 Å². The van der Waals surface area contributed by atoms with Crippen LogP contribution in [0.15, 0.2) is 0 Å². The van der Waals surface area contributed by atoms with E-state index in [9.17, 15) is 0 Å². The van der Waals surface area contributed by atoms with Crippen molar-refractivity contribution in [2.24, 2.45) is 17.1 Å². The molecule has 2 atom stereocenters. The highest BCUT2D eigenvalue weighted by molar-refractivity contribution is 5.00. The van der Waals surface area contributed by atoms with Crippen molar-refractivity contribution in [3.05, 3.63) is 0 Å². The average molecular weight is 254 g/mol. The lowest BCUT2D eigenvalue weighted by Crippen LogP contribution is -2.59. The molecule has 18 heavy (non-hydrogen) atoms. The van der Waals surface area contributed by atoms with E-state index >= 15 is 0 Å². The van der Waals surface area contributed by atoms with Crippen molar-refractivity contribution < 1.29 is 0 Å². The summed E-state index contributed by atoms with van der Waals surface area (Å²) in [6.07, 6.45) is 6.46. The summed E-state index contributed by atoms with van der Waals surface area (Å²) in [7, 11) is 0. The molecule has 1 fully saturated rings. The first kappa shape index (κ1) is 16.0. The first-order valence-corrected chi connectivity index (χ1v) is 7.84. The molecule has 1 rings (SSSR count). The molecular weight excluding hydrogens is 220 g/mol. The van der Waals surface area contributed by atoms with Crippen molar-refractivity contribution in [2.45, 2.75) is 72.3 Å². The van der Waals surface area contributed by atoms with Gasteiger partial charge in [-0.25, -0.2) is 0 Å². The van der Waals surface area contributed by atoms with Crippen LogP contribution in [0, 0.1) is 11.3 Å². The van der Waals surface area contributed by atoms with Crippen LogP contribution in [0.2, 0.25) is 0 Å². The molecule has 0 saturated heterocycles. The lowest BCUT2D eigenvalue weighted by molar-refractivity contribution is -0.00960. The van der Waals surface area contributed by atoms with E-state index < -0.39 is 0 Å². The van der Waals surface area contributed by atoms with E-state index in [1.54, 1.807) is 0 Å². The summed E-state index contributed by atoms with van der Waals surface area (Å²) in [5, 5.41) is 0. The minimum Gasteiger partial charge on any atom is -0.329 e. The lowest BCUT2D eigenvalue weighted by atomic mass is 9.63. The first-order chi connectivity index (χ1) is 8.39. The van der Waals surface area contributed by atoms with Gasteiger partial charge < -0.3 is 5.73 Å². The Balaban J connectivity index is 2.87. The van der Waals surface area contributed by atoms with E-state index in [4.69, 9.17) is 5.73 Å². The van der Waals surface area contributed by atoms with Crippen LogP contribution >= 0.6 is 0 Å². The van der Waals surface area contributed by atoms with Gasteiger partial charge in [-0.05, 0) is 50.1 Å². The fraction of sp³-hybridized carbons (Fsp3) is 1.00. The molecule has 0 spiro atoms. The second-order valence-corrected chi connectivity index (χ2v) is 7.22. The number of rotatable bonds is 6. The highest BCUT2D eigenvalue weighted by Crippen LogP contribution is 2.46. The Labute approximate surface area is 114 Å². The molecule has 0 amide bonds. The molecule has 0 radical (unpaired) electrons. The Bertz CT molecular complexity index is 249. The zero-order valence-electron chi connectivity index (χ0n) is 13.3. The van der Waals surface area contributed by atoms with Gasteiger partial charge in [-0.15, -0.1) is 0 Å². The van der Waals surface area contributed by atoms with Crippen molar-refractivity contribution in [3.8, 4) is 0 Å². The van der Waals surface area contributed by atoms with Crippen LogP contribution in [0.1, 0.15) is 66.7 Å². The third-order valence-corrected chi connectivity index (χ3v) is 4.65. The van der Waals surface area contributed by atoms with Crippen molar-refractivity contribution in [2.75, 3.05) is 19.6 Å². The molecule has 1 aliphatic rings. The second-order valence-electron chi connectivity index (χ2n) is 7.22. The van der Waals surface area contributed by atoms with Gasteiger partial charge in [0.15, 0.2) is 0 Å². The van der Waals surface area contributed by atoms with Crippen LogP contribution in [0.4, 0.5) is 0 Å². The monoisotopic (exact) mass is 254 g/mol. The fourth-order valence-electron chi connectivity index (χ4n) is 4.30. The first-order valence-electron chi connectivity index (χ1n) is 7.84. The molecule has 2 heteroatoms. The van der Waals surface area contributed by atoms with E-state index in [1.165, 1.54) is 38.6 Å². The standard InChI is InChI=1S/C16H34N2/c1-6-8-9-18(7-2)16(13-17)11-14(3)10-15(4,5)12-16/h14H,6-13,17H2,1-5H3. The highest BCUT2D eigenvalue weighted by Gasteiger charge is 2.44. The Kier molecular flexibility index (Phi) is 5.67. The summed E-state index contributed by atoms with van der Waals surface area (Å²) >= 11 is 0. The number of nitrogens with two attached hydrogens (primary N) is 1. The number of unbranched alkanes of at least 4 members (excludes halogenated alkanes) is 1. The molecule has 0 aromatic heterocycles. The highest BCUT2D eigenvalue weighted by atomic mass is 15.2. The largest absolute Gasteiger partial charge is 0.329 e. The zero-order chi connectivity index (χ0) is 13.8. The minimum atomic E-state index is 0.255. The van der Waals surface area contributed by atoms with Gasteiger partial charge in [-0.3, -0.25) is 4.90 Å². The molecule has 108 valence electrons. The molecule has 0 aromatic rings. The predicted octanol–water partition coefficient (Wildman–Crippen LogP) is 3.65. The quantitative estimate of drug-likeness (QED) is 0.784. The SMILES string of the molecule is CCCCN(CC)C1(CN)CC(C)CC(C)(C)C1. The van der Waals surface area contributed by atoms with Gasteiger partial charge in [-0.2, -0.15) is 0 Å². The maximum atomic E-state index is 6.23. The third kappa shape index (κ3) is 3.71. The average Bonchev–Trinajstić information content (AvgIpc) is 2.27. The lowest BCUT2D eigenvalue weighted by Gasteiger charge is -2.53. The summed E-state index contributed by atoms with van der Waals surface area (Å²) in [6.45, 7) is 15.0. The maximum Gasteiger partial charge on any atom is 0.0339 e. The number of nitrogens with zero attached hydrogens (tertiary/aromatic N) is 1. The summed E-state index contributed by atoms with van der Waals surface area (Å²) < 4.78 is 0. The van der Waals surface area contributed by atoms with E-state index in [1.807, 2.05) is 0 Å². The molecule has 1 aliphatic carbocycles. The number of hydrogen-bond donors (Lipinski definition) is 1. The Hall–Kier alpha value is -0.0800. The fourth-order valence-corrected chi connectivity index (χ4v) is 4.30. The zero-order valence-corrected chi connectivity index (χ0v) is 13.3. The van der Waals surface area contributed by atoms with Gasteiger partial charge in [0.05, 0.1) is 0 Å². The van der Waals surface area contributed by atoms with E-state index in [2.05, 4.69) is 39.5 Å². The van der Waals surface area contributed by atoms with Gasteiger partial charge >= 0.3 is 0 Å². The van der Waals surface area contributed by atoms with Crippen molar-refractivity contribution >= 4 is 0 Å². The van der Waals surface area contributed by atoms with Gasteiger partial charge in [0.2, 0.25) is 0 Å². The molecule has 1 saturated carbocycles. The smallest absolute Gasteiger partial charge is 0.0339 e. The molecule has 0 heterocycles. The predicted molar refractivity (Wildman–Crippen MR) is 80.7 cm³/mol. The van der Waals surface area contributed by atoms with Crippen molar-refractivity contribution in [3.63, 3.8) is 0 Å². The van der Waals surface area contributed by atoms with Crippen LogP contribution in [-0.2, 0) is 0 Å². The molecule has 0 aromatic carbocycles. The molecule has 2 N–H and O–H groups in total. The van der Waals surface area contributed by atoms with E-state index in [-0.39, 0.29) is 5.54 Å². The van der Waals surface area contributed by atoms with Gasteiger partial charge in [0.25, 0.3) is 0 Å². The molecule has 2 nitrogen and oxygen atoms in total. The van der Waals surface area contributed by atoms with Gasteiger partial charge in [0, 0.05) is 12.1 Å². The van der Waals surface area contributed by atoms with E-state index in [0.717, 1.165) is 19.0 Å². The van der Waals surface area contributed by atoms with Gasteiger partial charge in [-0.1, -0.05) is 41.0 Å². The van der Waals surface area contributed by atoms with Gasteiger partial charge in [0.1, 0.15) is 0 Å². The van der Waals surface area contributed by atoms with E-state index in [0.29, 0.717) is 5.41 Å². The minimum absolute atomic E-state index is 0.255. The number of likely N-dealkylation sites (N-methyl/N-ethyl adjacent to an activating group) is 1. The third-order valence-electron chi connectivity index (χ3n) is 4.65. The molecule has 0 bridgehead atoms. The van der Waals surface area contributed by atoms with Crippen LogP contribution in [0.5, 0.6) is 0 Å². The molecule has 2 unspecified atom stereocenters. The summed E-state index contributed by atoms with van der Waals surface area (Å²) in [6, 6.07) is 0. The number of hydrogen-bond acceptors (Lipinski definition) is 2. The second kappa shape index (κ2) is 6.38. The summed E-state index contributed by atoms with van der Waals surface area (Å²) in [5.41, 5.74) is 6.92. The Morgan fingerprint density at radius 3 is 2.33 bits per heavy atom. The summed E-state index contributed by atoms with van der Waals surface area (Å²) in [5.74, 6) is 0.799. The van der Waals surface area contributed by atoms with Crippen molar-refractivity contribution in [1.29, 1.82) is 0 Å². The summed E-state index contributed by atoms with van der Waals surface area (Å²) in [4.78, 5) is 2.67. The maximum absolute atomic E-state index is 6.23. The Morgan fingerprint density at radius 1 is 1.22 bits per heavy atom. The molecular formula is C16H34N2. The van der Waals surface area contributed by atoms with Crippen LogP contribution in [0.3, 0.4) is 0 Å². The van der Waals surface area contributed by atoms with Crippen LogP contribution < -0.4 is 5.73 Å². The molecule has 0 aliphatic heterocycles. The Morgan fingerprint density at radius 2 is 1.89 bits per heavy atom. The van der Waals surface area contributed by atoms with Crippen molar-refractivity contribution in [1.82, 2.24) is 4.90 Å². The topological polar surface area (TPSA) is 29.3 Å². The van der Waals surface area contributed by atoms with Crippen LogP contribution in [0.25, 0.3) is 0 Å².